The summed E-state index contributed by atoms with van der Waals surface area (Å²) >= 11 is 0. The van der Waals surface area contributed by atoms with Gasteiger partial charge in [-0.3, -0.25) is 4.98 Å². The van der Waals surface area contributed by atoms with Crippen LogP contribution in [-0.2, 0) is 16.6 Å². The van der Waals surface area contributed by atoms with Crippen LogP contribution < -0.4 is 0 Å². The molecule has 0 unspecified atom stereocenters. The van der Waals surface area contributed by atoms with Crippen LogP contribution in [0.25, 0.3) is 10.9 Å². The quantitative estimate of drug-likeness (QED) is 0.797. The third-order valence-electron chi connectivity index (χ3n) is 3.08. The number of rotatable bonds is 3. The van der Waals surface area contributed by atoms with Crippen LogP contribution in [0.4, 0.5) is 0 Å². The topological polar surface area (TPSA) is 72.2 Å². The van der Waals surface area contributed by atoms with Crippen LogP contribution >= 0.6 is 0 Å². The number of hydrogen-bond donors (Lipinski definition) is 1. The second-order valence-electron chi connectivity index (χ2n) is 4.31. The molecule has 2 heterocycles. The van der Waals surface area contributed by atoms with Crippen LogP contribution in [0.1, 0.15) is 5.69 Å². The first-order chi connectivity index (χ1) is 9.64. The molecular formula is C14H12N2O3S. The summed E-state index contributed by atoms with van der Waals surface area (Å²) in [5.74, 6) is 0. The molecule has 0 spiro atoms. The zero-order valence-electron chi connectivity index (χ0n) is 10.5. The fraction of sp³-hybridized carbons (Fsp3) is 0.0714. The monoisotopic (exact) mass is 288 g/mol. The van der Waals surface area contributed by atoms with Gasteiger partial charge in [-0.1, -0.05) is 18.2 Å². The first-order valence-corrected chi connectivity index (χ1v) is 7.44. The fourth-order valence-electron chi connectivity index (χ4n) is 2.17. The Morgan fingerprint density at radius 2 is 1.90 bits per heavy atom. The maximum Gasteiger partial charge on any atom is 0.268 e. The molecule has 0 radical (unpaired) electrons. The van der Waals surface area contributed by atoms with Gasteiger partial charge in [0.25, 0.3) is 10.0 Å². The van der Waals surface area contributed by atoms with Crippen LogP contribution in [0, 0.1) is 0 Å². The van der Waals surface area contributed by atoms with Gasteiger partial charge in [0.15, 0.2) is 0 Å². The maximum absolute atomic E-state index is 12.7. The van der Waals surface area contributed by atoms with Crippen LogP contribution in [0.15, 0.2) is 59.8 Å². The van der Waals surface area contributed by atoms with Gasteiger partial charge in [-0.15, -0.1) is 0 Å². The summed E-state index contributed by atoms with van der Waals surface area (Å²) in [4.78, 5) is 4.14. The number of nitrogens with zero attached hydrogens (tertiary/aromatic N) is 2. The lowest BCUT2D eigenvalue weighted by molar-refractivity contribution is 0.276. The SMILES string of the molecule is O=S(=O)(c1ccccc1)n1c(CO)cc2ccncc21. The zero-order chi connectivity index (χ0) is 14.2. The summed E-state index contributed by atoms with van der Waals surface area (Å²) < 4.78 is 26.6. The minimum atomic E-state index is -3.75. The van der Waals surface area contributed by atoms with E-state index >= 15 is 0 Å². The van der Waals surface area contributed by atoms with Crippen molar-refractivity contribution < 1.29 is 13.5 Å². The van der Waals surface area contributed by atoms with Crippen molar-refractivity contribution >= 4 is 20.9 Å². The standard InChI is InChI=1S/C14H12N2O3S/c17-10-12-8-11-6-7-15-9-14(11)16(12)20(18,19)13-4-2-1-3-5-13/h1-9,17H,10H2. The zero-order valence-corrected chi connectivity index (χ0v) is 11.3. The summed E-state index contributed by atoms with van der Waals surface area (Å²) in [6.45, 7) is -0.360. The highest BCUT2D eigenvalue weighted by molar-refractivity contribution is 7.90. The lowest BCUT2D eigenvalue weighted by atomic mass is 10.3. The van der Waals surface area contributed by atoms with Crippen LogP contribution in [0.2, 0.25) is 0 Å². The average molecular weight is 288 g/mol. The first-order valence-electron chi connectivity index (χ1n) is 6.00. The fourth-order valence-corrected chi connectivity index (χ4v) is 3.72. The Morgan fingerprint density at radius 3 is 2.60 bits per heavy atom. The molecule has 0 aliphatic rings. The Bertz CT molecular complexity index is 855. The molecule has 2 aromatic heterocycles. The number of fused-ring (bicyclic) bond motifs is 1. The second kappa shape index (κ2) is 4.73. The number of aromatic nitrogens is 2. The number of pyridine rings is 1. The molecule has 102 valence electrons. The Labute approximate surface area is 116 Å². The van der Waals surface area contributed by atoms with E-state index in [-0.39, 0.29) is 11.5 Å². The largest absolute Gasteiger partial charge is 0.390 e. The molecule has 0 aliphatic carbocycles. The molecule has 6 heteroatoms. The molecule has 3 aromatic rings. The molecule has 0 bridgehead atoms. The summed E-state index contributed by atoms with van der Waals surface area (Å²) in [7, 11) is -3.75. The van der Waals surface area contributed by atoms with Crippen molar-refractivity contribution in [2.24, 2.45) is 0 Å². The van der Waals surface area contributed by atoms with E-state index in [2.05, 4.69) is 4.98 Å². The van der Waals surface area contributed by atoms with Gasteiger partial charge < -0.3 is 5.11 Å². The van der Waals surface area contributed by atoms with Gasteiger partial charge >= 0.3 is 0 Å². The van der Waals surface area contributed by atoms with Gasteiger partial charge in [0.05, 0.1) is 28.9 Å². The highest BCUT2D eigenvalue weighted by Crippen LogP contribution is 2.24. The summed E-state index contributed by atoms with van der Waals surface area (Å²) in [6, 6.07) is 11.5. The van der Waals surface area contributed by atoms with Crippen LogP contribution in [0.5, 0.6) is 0 Å². The highest BCUT2D eigenvalue weighted by atomic mass is 32.2. The van der Waals surface area contributed by atoms with Crippen molar-refractivity contribution in [2.45, 2.75) is 11.5 Å². The summed E-state index contributed by atoms with van der Waals surface area (Å²) in [5.41, 5.74) is 0.775. The number of benzene rings is 1. The Morgan fingerprint density at radius 1 is 1.15 bits per heavy atom. The molecule has 20 heavy (non-hydrogen) atoms. The van der Waals surface area contributed by atoms with Crippen molar-refractivity contribution in [1.82, 2.24) is 8.96 Å². The molecule has 1 aromatic carbocycles. The molecule has 3 rings (SSSR count). The van der Waals surface area contributed by atoms with E-state index in [1.807, 2.05) is 0 Å². The second-order valence-corrected chi connectivity index (χ2v) is 6.10. The van der Waals surface area contributed by atoms with Crippen LogP contribution in [0.3, 0.4) is 0 Å². The predicted molar refractivity (Wildman–Crippen MR) is 74.7 cm³/mol. The van der Waals surface area contributed by atoms with E-state index < -0.39 is 10.0 Å². The molecular weight excluding hydrogens is 276 g/mol. The van der Waals surface area contributed by atoms with E-state index in [1.54, 1.807) is 36.5 Å². The number of aliphatic hydroxyl groups excluding tert-OH is 1. The van der Waals surface area contributed by atoms with Gasteiger partial charge in [0, 0.05) is 11.6 Å². The van der Waals surface area contributed by atoms with Crippen molar-refractivity contribution in [1.29, 1.82) is 0 Å². The number of hydrogen-bond acceptors (Lipinski definition) is 4. The maximum atomic E-state index is 12.7. The third kappa shape index (κ3) is 1.90. The average Bonchev–Trinajstić information content (AvgIpc) is 2.87. The van der Waals surface area contributed by atoms with Gasteiger partial charge in [-0.25, -0.2) is 12.4 Å². The molecule has 5 nitrogen and oxygen atoms in total. The highest BCUT2D eigenvalue weighted by Gasteiger charge is 2.22. The van der Waals surface area contributed by atoms with Crippen molar-refractivity contribution in [3.8, 4) is 0 Å². The molecule has 0 saturated carbocycles. The normalized spacial score (nSPS) is 11.8. The third-order valence-corrected chi connectivity index (χ3v) is 4.86. The minimum absolute atomic E-state index is 0.177. The van der Waals surface area contributed by atoms with Crippen molar-refractivity contribution in [3.63, 3.8) is 0 Å². The van der Waals surface area contributed by atoms with E-state index in [4.69, 9.17) is 0 Å². The molecule has 0 atom stereocenters. The Hall–Kier alpha value is -2.18. The van der Waals surface area contributed by atoms with Gasteiger partial charge in [0.2, 0.25) is 0 Å². The van der Waals surface area contributed by atoms with E-state index in [0.29, 0.717) is 11.2 Å². The smallest absolute Gasteiger partial charge is 0.268 e. The number of aliphatic hydroxyl groups is 1. The van der Waals surface area contributed by atoms with Gasteiger partial charge in [0.1, 0.15) is 0 Å². The Balaban J connectivity index is 2.34. The summed E-state index contributed by atoms with van der Waals surface area (Å²) in [5, 5.41) is 10.1. The minimum Gasteiger partial charge on any atom is -0.390 e. The van der Waals surface area contributed by atoms with Gasteiger partial charge in [-0.05, 0) is 24.3 Å². The lowest BCUT2D eigenvalue weighted by Crippen LogP contribution is -2.15. The van der Waals surface area contributed by atoms with Gasteiger partial charge in [-0.2, -0.15) is 0 Å². The first kappa shape index (κ1) is 12.8. The van der Waals surface area contributed by atoms with Crippen molar-refractivity contribution in [3.05, 3.63) is 60.6 Å². The van der Waals surface area contributed by atoms with Crippen molar-refractivity contribution in [2.75, 3.05) is 0 Å². The van der Waals surface area contributed by atoms with E-state index in [9.17, 15) is 13.5 Å². The van der Waals surface area contributed by atoms with E-state index in [0.717, 1.165) is 9.36 Å². The molecule has 0 amide bonds. The molecule has 0 saturated heterocycles. The Kier molecular flexibility index (Phi) is 3.04. The molecule has 0 aliphatic heterocycles. The predicted octanol–water partition coefficient (Wildman–Crippen LogP) is 1.77. The molecule has 1 N–H and O–H groups in total. The summed E-state index contributed by atoms with van der Waals surface area (Å²) in [6.07, 6.45) is 3.07. The van der Waals surface area contributed by atoms with Crippen LogP contribution in [-0.4, -0.2) is 22.5 Å². The molecule has 0 fully saturated rings. The van der Waals surface area contributed by atoms with E-state index in [1.165, 1.54) is 18.3 Å². The lowest BCUT2D eigenvalue weighted by Gasteiger charge is -2.10.